The molecule has 0 bridgehead atoms. The lowest BCUT2D eigenvalue weighted by Crippen LogP contribution is -2.15. The van der Waals surface area contributed by atoms with Crippen LogP contribution in [0, 0.1) is 25.2 Å². The van der Waals surface area contributed by atoms with Crippen LogP contribution in [0.1, 0.15) is 60.2 Å². The third kappa shape index (κ3) is 5.01. The molecule has 39 heavy (non-hydrogen) atoms. The summed E-state index contributed by atoms with van der Waals surface area (Å²) in [5.41, 5.74) is 15.5. The van der Waals surface area contributed by atoms with Gasteiger partial charge in [-0.15, -0.1) is 22.7 Å². The van der Waals surface area contributed by atoms with Crippen LogP contribution in [0.5, 0.6) is 0 Å². The number of carbonyl (C=O) groups is 3. The van der Waals surface area contributed by atoms with Crippen LogP contribution in [0.25, 0.3) is 21.3 Å². The molecule has 0 saturated carbocycles. The van der Waals surface area contributed by atoms with Crippen molar-refractivity contribution in [1.82, 2.24) is 4.98 Å². The summed E-state index contributed by atoms with van der Waals surface area (Å²) in [4.78, 5) is 43.7. The highest BCUT2D eigenvalue weighted by Gasteiger charge is 2.29. The highest BCUT2D eigenvalue weighted by atomic mass is 32.1. The number of hydrogen-bond donors (Lipinski definition) is 3. The molecule has 4 rings (SSSR count). The lowest BCUT2D eigenvalue weighted by atomic mass is 9.96. The maximum atomic E-state index is 13.5. The molecular formula is C27H25N5O5S2. The number of amides is 1. The number of ether oxygens (including phenoxy) is 2. The van der Waals surface area contributed by atoms with E-state index in [2.05, 4.69) is 16.4 Å². The van der Waals surface area contributed by atoms with Gasteiger partial charge in [-0.2, -0.15) is 5.26 Å². The molecule has 200 valence electrons. The number of pyridine rings is 1. The second-order valence-corrected chi connectivity index (χ2v) is 10.4. The van der Waals surface area contributed by atoms with Gasteiger partial charge in [0.15, 0.2) is 0 Å². The van der Waals surface area contributed by atoms with Crippen LogP contribution < -0.4 is 16.8 Å². The number of aryl methyl sites for hydroxylation is 1. The van der Waals surface area contributed by atoms with E-state index in [1.54, 1.807) is 20.8 Å². The van der Waals surface area contributed by atoms with Crippen LogP contribution in [0.15, 0.2) is 24.3 Å². The van der Waals surface area contributed by atoms with E-state index >= 15 is 0 Å². The summed E-state index contributed by atoms with van der Waals surface area (Å²) in [5.74, 6) is -1.90. The summed E-state index contributed by atoms with van der Waals surface area (Å²) < 4.78 is 10.3. The van der Waals surface area contributed by atoms with Gasteiger partial charge in [-0.3, -0.25) is 4.79 Å². The molecule has 0 aliphatic rings. The van der Waals surface area contributed by atoms with Gasteiger partial charge in [0.25, 0.3) is 5.91 Å². The van der Waals surface area contributed by atoms with Crippen LogP contribution >= 0.6 is 22.7 Å². The van der Waals surface area contributed by atoms with Crippen LogP contribution in [-0.2, 0) is 9.47 Å². The molecule has 0 saturated heterocycles. The number of carbonyl (C=O) groups excluding carboxylic acids is 3. The van der Waals surface area contributed by atoms with E-state index in [1.165, 1.54) is 0 Å². The van der Waals surface area contributed by atoms with Crippen molar-refractivity contribution in [2.45, 2.75) is 27.7 Å². The van der Waals surface area contributed by atoms with Crippen molar-refractivity contribution in [3.8, 4) is 17.2 Å². The molecule has 4 aromatic rings. The minimum atomic E-state index is -0.684. The summed E-state index contributed by atoms with van der Waals surface area (Å²) in [6.45, 7) is 7.11. The molecule has 0 aliphatic heterocycles. The maximum absolute atomic E-state index is 13.5. The van der Waals surface area contributed by atoms with Crippen LogP contribution in [0.4, 0.5) is 16.5 Å². The minimum absolute atomic E-state index is 0.0198. The number of hydrogen-bond acceptors (Lipinski definition) is 11. The van der Waals surface area contributed by atoms with Crippen molar-refractivity contribution in [2.24, 2.45) is 0 Å². The number of benzene rings is 1. The van der Waals surface area contributed by atoms with Gasteiger partial charge in [-0.05, 0) is 38.8 Å². The zero-order valence-corrected chi connectivity index (χ0v) is 23.3. The molecule has 0 aliphatic carbocycles. The number of esters is 2. The predicted octanol–water partition coefficient (Wildman–Crippen LogP) is 5.28. The quantitative estimate of drug-likeness (QED) is 0.253. The molecule has 3 aromatic heterocycles. The molecular weight excluding hydrogens is 538 g/mol. The lowest BCUT2D eigenvalue weighted by molar-refractivity contribution is 0.0527. The van der Waals surface area contributed by atoms with Crippen LogP contribution in [0.3, 0.4) is 0 Å². The van der Waals surface area contributed by atoms with Gasteiger partial charge in [0.05, 0.1) is 24.5 Å². The highest BCUT2D eigenvalue weighted by Crippen LogP contribution is 2.43. The van der Waals surface area contributed by atoms with E-state index in [1.807, 2.05) is 31.2 Å². The first-order chi connectivity index (χ1) is 18.6. The molecule has 12 heteroatoms. The second-order valence-electron chi connectivity index (χ2n) is 8.41. The summed E-state index contributed by atoms with van der Waals surface area (Å²) >= 11 is 1.92. The second kappa shape index (κ2) is 11.1. The third-order valence-electron chi connectivity index (χ3n) is 5.88. The van der Waals surface area contributed by atoms with Gasteiger partial charge in [0, 0.05) is 10.9 Å². The average Bonchev–Trinajstić information content (AvgIpc) is 3.40. The number of nitrogens with one attached hydrogen (secondary N) is 1. The molecule has 5 N–H and O–H groups in total. The molecule has 0 atom stereocenters. The summed E-state index contributed by atoms with van der Waals surface area (Å²) in [5, 5.41) is 13.1. The van der Waals surface area contributed by atoms with Gasteiger partial charge in [-0.1, -0.05) is 29.8 Å². The zero-order chi connectivity index (χ0) is 28.4. The van der Waals surface area contributed by atoms with E-state index in [9.17, 15) is 19.6 Å². The predicted molar refractivity (Wildman–Crippen MR) is 152 cm³/mol. The summed E-state index contributed by atoms with van der Waals surface area (Å²) in [6.07, 6.45) is 0. The molecule has 0 spiro atoms. The number of nitriles is 1. The third-order valence-corrected chi connectivity index (χ3v) is 8.16. The Morgan fingerprint density at radius 1 is 1.00 bits per heavy atom. The van der Waals surface area contributed by atoms with Gasteiger partial charge < -0.3 is 26.3 Å². The van der Waals surface area contributed by atoms with Crippen LogP contribution in [-0.4, -0.2) is 36.0 Å². The largest absolute Gasteiger partial charge is 0.462 e. The lowest BCUT2D eigenvalue weighted by Gasteiger charge is -2.10. The number of fused-ring (bicyclic) bond motifs is 1. The molecule has 0 unspecified atom stereocenters. The Kier molecular flexibility index (Phi) is 7.85. The first kappa shape index (κ1) is 27.6. The van der Waals surface area contributed by atoms with E-state index in [0.29, 0.717) is 26.9 Å². The van der Waals surface area contributed by atoms with E-state index in [-0.39, 0.29) is 50.6 Å². The van der Waals surface area contributed by atoms with Crippen molar-refractivity contribution in [3.05, 3.63) is 56.3 Å². The number of aromatic nitrogens is 1. The topological polar surface area (TPSA) is 170 Å². The number of nitrogen functional groups attached to an aromatic ring is 2. The average molecular weight is 564 g/mol. The fraction of sp³-hybridized carbons (Fsp3) is 0.222. The standard InChI is InChI=1S/C27H25N5O5S2/c1-5-36-26(34)16-13(4)20(27(35)37-6-2)38-24(16)32-23(33)21-19(29)18-17(14-9-7-12(3)8-10-14)15(11-28)22(30)31-25(18)39-21/h7-10H,5-6,29H2,1-4H3,(H2,30,31)(H,32,33). The van der Waals surface area contributed by atoms with E-state index < -0.39 is 17.8 Å². The molecule has 10 nitrogen and oxygen atoms in total. The summed E-state index contributed by atoms with van der Waals surface area (Å²) in [7, 11) is 0. The Hall–Kier alpha value is -4.47. The number of nitrogens with two attached hydrogens (primary N) is 2. The van der Waals surface area contributed by atoms with Crippen molar-refractivity contribution in [1.29, 1.82) is 5.26 Å². The monoisotopic (exact) mass is 563 g/mol. The van der Waals surface area contributed by atoms with E-state index in [4.69, 9.17) is 20.9 Å². The van der Waals surface area contributed by atoms with Gasteiger partial charge >= 0.3 is 11.9 Å². The number of anilines is 3. The number of nitrogens with zero attached hydrogens (tertiary/aromatic N) is 2. The maximum Gasteiger partial charge on any atom is 0.348 e. The molecule has 0 fully saturated rings. The first-order valence-corrected chi connectivity index (χ1v) is 13.5. The minimum Gasteiger partial charge on any atom is -0.462 e. The van der Waals surface area contributed by atoms with E-state index in [0.717, 1.165) is 28.2 Å². The normalized spacial score (nSPS) is 10.7. The fourth-order valence-corrected chi connectivity index (χ4v) is 6.15. The summed E-state index contributed by atoms with van der Waals surface area (Å²) in [6, 6.07) is 9.59. The molecule has 1 amide bonds. The fourth-order valence-electron chi connectivity index (χ4n) is 4.06. The molecule has 3 heterocycles. The Bertz CT molecular complexity index is 1660. The van der Waals surface area contributed by atoms with Gasteiger partial charge in [0.1, 0.15) is 37.0 Å². The highest BCUT2D eigenvalue weighted by molar-refractivity contribution is 7.22. The van der Waals surface area contributed by atoms with Crippen molar-refractivity contribution in [2.75, 3.05) is 30.0 Å². The van der Waals surface area contributed by atoms with Crippen LogP contribution in [0.2, 0.25) is 0 Å². The first-order valence-electron chi connectivity index (χ1n) is 11.9. The molecule has 0 radical (unpaired) electrons. The Morgan fingerprint density at radius 3 is 2.26 bits per heavy atom. The van der Waals surface area contributed by atoms with Crippen molar-refractivity contribution >= 4 is 67.2 Å². The van der Waals surface area contributed by atoms with Gasteiger partial charge in [0.2, 0.25) is 0 Å². The SMILES string of the molecule is CCOC(=O)c1sc(NC(=O)c2sc3nc(N)c(C#N)c(-c4ccc(C)cc4)c3c2N)c(C(=O)OCC)c1C. The van der Waals surface area contributed by atoms with Crippen molar-refractivity contribution in [3.63, 3.8) is 0 Å². The Balaban J connectivity index is 1.84. The Labute approximate surface area is 232 Å². The zero-order valence-electron chi connectivity index (χ0n) is 21.6. The van der Waals surface area contributed by atoms with Crippen molar-refractivity contribution < 1.29 is 23.9 Å². The number of thiophene rings is 2. The Morgan fingerprint density at radius 2 is 1.64 bits per heavy atom. The van der Waals surface area contributed by atoms with Gasteiger partial charge in [-0.25, -0.2) is 14.6 Å². The smallest absolute Gasteiger partial charge is 0.348 e. The molecule has 1 aromatic carbocycles. The number of rotatable bonds is 7.